The lowest BCUT2D eigenvalue weighted by Crippen LogP contribution is -1.67. The van der Waals surface area contributed by atoms with Gasteiger partial charge in [-0.15, -0.1) is 11.3 Å². The van der Waals surface area contributed by atoms with Crippen molar-refractivity contribution >= 4 is 22.1 Å². The van der Waals surface area contributed by atoms with E-state index >= 15 is 0 Å². The van der Waals surface area contributed by atoms with Gasteiger partial charge in [0.1, 0.15) is 0 Å². The Labute approximate surface area is 128 Å². The summed E-state index contributed by atoms with van der Waals surface area (Å²) in [7, 11) is 0. The van der Waals surface area contributed by atoms with Crippen LogP contribution < -0.4 is 0 Å². The van der Waals surface area contributed by atoms with Crippen LogP contribution in [-0.2, 0) is 0 Å². The molecular weight excluding hydrogens is 276 g/mol. The molecule has 0 aliphatic carbocycles. The molecule has 0 radical (unpaired) electrons. The molecule has 21 heavy (non-hydrogen) atoms. The number of aromatic nitrogens is 2. The fraction of sp³-hybridized carbons (Fsp3) is 0. The van der Waals surface area contributed by atoms with Gasteiger partial charge in [-0.25, -0.2) is 0 Å². The molecule has 0 bridgehead atoms. The molecule has 0 atom stereocenters. The highest BCUT2D eigenvalue weighted by atomic mass is 32.1. The molecule has 0 spiro atoms. The van der Waals surface area contributed by atoms with Crippen molar-refractivity contribution in [3.05, 3.63) is 96.2 Å². The Hall–Kier alpha value is -2.52. The van der Waals surface area contributed by atoms with Gasteiger partial charge in [-0.2, -0.15) is 0 Å². The van der Waals surface area contributed by atoms with Crippen LogP contribution in [-0.4, -0.2) is 9.97 Å². The van der Waals surface area contributed by atoms with E-state index in [1.165, 1.54) is 10.8 Å². The van der Waals surface area contributed by atoms with Crippen molar-refractivity contribution in [2.24, 2.45) is 0 Å². The van der Waals surface area contributed by atoms with E-state index in [1.54, 1.807) is 35.4 Å². The number of benzene rings is 2. The van der Waals surface area contributed by atoms with Crippen LogP contribution in [0, 0.1) is 0 Å². The molecule has 0 unspecified atom stereocenters. The third kappa shape index (κ3) is 5.97. The maximum absolute atomic E-state index is 3.78. The topological polar surface area (TPSA) is 25.8 Å². The van der Waals surface area contributed by atoms with Crippen LogP contribution in [0.5, 0.6) is 0 Å². The Balaban J connectivity index is 0.000000126. The molecule has 0 fully saturated rings. The molecule has 2 heterocycles. The minimum absolute atomic E-state index is 1.31. The van der Waals surface area contributed by atoms with E-state index in [9.17, 15) is 0 Å². The van der Waals surface area contributed by atoms with E-state index in [0.717, 1.165) is 0 Å². The maximum Gasteiger partial charge on any atom is 0.0791 e. The zero-order valence-electron chi connectivity index (χ0n) is 11.5. The molecule has 2 aromatic heterocycles. The van der Waals surface area contributed by atoms with Crippen molar-refractivity contribution < 1.29 is 0 Å². The van der Waals surface area contributed by atoms with Crippen molar-refractivity contribution in [2.45, 2.75) is 0 Å². The SMILES string of the molecule is c1ccc2ccccc2c1.c1ccncc1.c1cscn1. The van der Waals surface area contributed by atoms with Crippen molar-refractivity contribution in [1.29, 1.82) is 0 Å². The quantitative estimate of drug-likeness (QED) is 0.452. The number of hydrogen-bond donors (Lipinski definition) is 0. The molecule has 4 rings (SSSR count). The minimum Gasteiger partial charge on any atom is -0.265 e. The molecule has 0 aliphatic rings. The Morgan fingerprint density at radius 3 is 1.38 bits per heavy atom. The molecule has 0 N–H and O–H groups in total. The Morgan fingerprint density at radius 1 is 0.571 bits per heavy atom. The molecular formula is C18H16N2S. The first-order chi connectivity index (χ1) is 10.5. The molecule has 4 aromatic rings. The highest BCUT2D eigenvalue weighted by Gasteiger charge is 1.85. The molecule has 0 saturated carbocycles. The monoisotopic (exact) mass is 292 g/mol. The molecule has 0 aliphatic heterocycles. The van der Waals surface area contributed by atoms with Crippen molar-refractivity contribution in [3.63, 3.8) is 0 Å². The number of fused-ring (bicyclic) bond motifs is 1. The average Bonchev–Trinajstić information content (AvgIpc) is 3.17. The van der Waals surface area contributed by atoms with E-state index in [0.29, 0.717) is 0 Å². The van der Waals surface area contributed by atoms with E-state index < -0.39 is 0 Å². The van der Waals surface area contributed by atoms with Gasteiger partial charge in [-0.3, -0.25) is 9.97 Å². The third-order valence-electron chi connectivity index (χ3n) is 2.57. The van der Waals surface area contributed by atoms with Gasteiger partial charge in [0.25, 0.3) is 0 Å². The summed E-state index contributed by atoms with van der Waals surface area (Å²) in [5.74, 6) is 0. The van der Waals surface area contributed by atoms with Gasteiger partial charge in [0.05, 0.1) is 5.51 Å². The Kier molecular flexibility index (Phi) is 6.66. The summed E-state index contributed by atoms with van der Waals surface area (Å²) >= 11 is 1.60. The summed E-state index contributed by atoms with van der Waals surface area (Å²) in [6, 6.07) is 22.4. The van der Waals surface area contributed by atoms with Gasteiger partial charge in [0, 0.05) is 24.0 Å². The van der Waals surface area contributed by atoms with E-state index in [2.05, 4.69) is 58.5 Å². The highest BCUT2D eigenvalue weighted by Crippen LogP contribution is 2.11. The van der Waals surface area contributed by atoms with Crippen LogP contribution in [0.25, 0.3) is 10.8 Å². The van der Waals surface area contributed by atoms with Crippen LogP contribution in [0.2, 0.25) is 0 Å². The third-order valence-corrected chi connectivity index (χ3v) is 3.09. The summed E-state index contributed by atoms with van der Waals surface area (Å²) in [4.78, 5) is 7.53. The van der Waals surface area contributed by atoms with Gasteiger partial charge >= 0.3 is 0 Å². The first-order valence-electron chi connectivity index (χ1n) is 6.58. The lowest BCUT2D eigenvalue weighted by molar-refractivity contribution is 1.33. The number of rotatable bonds is 0. The maximum atomic E-state index is 3.78. The zero-order valence-corrected chi connectivity index (χ0v) is 12.4. The van der Waals surface area contributed by atoms with Crippen molar-refractivity contribution in [1.82, 2.24) is 9.97 Å². The zero-order chi connectivity index (χ0) is 14.6. The van der Waals surface area contributed by atoms with E-state index in [-0.39, 0.29) is 0 Å². The fourth-order valence-corrected chi connectivity index (χ4v) is 1.97. The summed E-state index contributed by atoms with van der Waals surface area (Å²) in [5, 5.41) is 4.55. The molecule has 104 valence electrons. The van der Waals surface area contributed by atoms with E-state index in [4.69, 9.17) is 0 Å². The number of thiazole rings is 1. The fourth-order valence-electron chi connectivity index (χ4n) is 1.62. The summed E-state index contributed by atoms with van der Waals surface area (Å²) in [6.45, 7) is 0. The molecule has 3 heteroatoms. The molecule has 0 saturated heterocycles. The largest absolute Gasteiger partial charge is 0.265 e. The van der Waals surface area contributed by atoms with Crippen LogP contribution >= 0.6 is 11.3 Å². The van der Waals surface area contributed by atoms with Crippen LogP contribution in [0.4, 0.5) is 0 Å². The smallest absolute Gasteiger partial charge is 0.0791 e. The van der Waals surface area contributed by atoms with Gasteiger partial charge in [0.2, 0.25) is 0 Å². The minimum atomic E-state index is 1.31. The number of hydrogen-bond acceptors (Lipinski definition) is 3. The van der Waals surface area contributed by atoms with Gasteiger partial charge in [0.15, 0.2) is 0 Å². The van der Waals surface area contributed by atoms with Gasteiger partial charge in [-0.1, -0.05) is 54.6 Å². The summed E-state index contributed by atoms with van der Waals surface area (Å²) in [6.07, 6.45) is 5.27. The van der Waals surface area contributed by atoms with E-state index in [1.807, 2.05) is 23.6 Å². The second-order valence-corrected chi connectivity index (χ2v) is 4.80. The van der Waals surface area contributed by atoms with Crippen LogP contribution in [0.15, 0.2) is 96.2 Å². The lowest BCUT2D eigenvalue weighted by atomic mass is 10.1. The average molecular weight is 292 g/mol. The van der Waals surface area contributed by atoms with Crippen molar-refractivity contribution in [3.8, 4) is 0 Å². The Bertz CT molecular complexity index is 600. The molecule has 2 aromatic carbocycles. The molecule has 0 amide bonds. The van der Waals surface area contributed by atoms with Crippen LogP contribution in [0.1, 0.15) is 0 Å². The summed E-state index contributed by atoms with van der Waals surface area (Å²) in [5.41, 5.74) is 1.79. The standard InChI is InChI=1S/C10H8.C5H5N.C3H3NS/c1-2-6-10-8-4-3-7-9(10)5-1;1-2-4-6-5-3-1;1-2-5-3-4-1/h1-8H;1-5H;1-3H. The van der Waals surface area contributed by atoms with Gasteiger partial charge < -0.3 is 0 Å². The first-order valence-corrected chi connectivity index (χ1v) is 7.52. The van der Waals surface area contributed by atoms with Crippen LogP contribution in [0.3, 0.4) is 0 Å². The number of pyridine rings is 1. The highest BCUT2D eigenvalue weighted by molar-refractivity contribution is 7.07. The second kappa shape index (κ2) is 9.39. The first kappa shape index (κ1) is 14.9. The number of nitrogens with zero attached hydrogens (tertiary/aromatic N) is 2. The normalized spacial score (nSPS) is 8.95. The van der Waals surface area contributed by atoms with Gasteiger partial charge in [-0.05, 0) is 22.9 Å². The summed E-state index contributed by atoms with van der Waals surface area (Å²) < 4.78 is 0. The molecule has 2 nitrogen and oxygen atoms in total. The predicted octanol–water partition coefficient (Wildman–Crippen LogP) is 5.06. The Morgan fingerprint density at radius 2 is 1.14 bits per heavy atom. The second-order valence-electron chi connectivity index (χ2n) is 4.05. The lowest BCUT2D eigenvalue weighted by Gasteiger charge is -1.92. The van der Waals surface area contributed by atoms with Crippen molar-refractivity contribution in [2.75, 3.05) is 0 Å². The predicted molar refractivity (Wildman–Crippen MR) is 90.3 cm³/mol.